The van der Waals surface area contributed by atoms with Crippen LogP contribution in [0, 0.1) is 0 Å². The predicted octanol–water partition coefficient (Wildman–Crippen LogP) is 3.39. The molecule has 2 aromatic carbocycles. The minimum Gasteiger partial charge on any atom is -0.406 e. The Hall–Kier alpha value is -3.62. The maximum Gasteiger partial charge on any atom is 0.573 e. The smallest absolute Gasteiger partial charge is 0.406 e. The SMILES string of the molecule is O=C(NCc1cccc2cccnc12)C(=O)Nc1cccc(OC(F)(F)F)c1. The van der Waals surface area contributed by atoms with E-state index in [4.69, 9.17) is 0 Å². The Morgan fingerprint density at radius 2 is 1.75 bits per heavy atom. The van der Waals surface area contributed by atoms with E-state index >= 15 is 0 Å². The molecule has 1 heterocycles. The highest BCUT2D eigenvalue weighted by Gasteiger charge is 2.31. The molecule has 2 N–H and O–H groups in total. The van der Waals surface area contributed by atoms with Gasteiger partial charge >= 0.3 is 18.2 Å². The molecule has 2 amide bonds. The summed E-state index contributed by atoms with van der Waals surface area (Å²) < 4.78 is 40.5. The van der Waals surface area contributed by atoms with Crippen molar-refractivity contribution < 1.29 is 27.5 Å². The summed E-state index contributed by atoms with van der Waals surface area (Å²) in [5, 5.41) is 5.58. The number of pyridine rings is 1. The van der Waals surface area contributed by atoms with Gasteiger partial charge in [0, 0.05) is 29.9 Å². The van der Waals surface area contributed by atoms with Crippen LogP contribution in [0.25, 0.3) is 10.9 Å². The summed E-state index contributed by atoms with van der Waals surface area (Å²) in [6.45, 7) is 0.0673. The first-order chi connectivity index (χ1) is 13.3. The molecule has 0 saturated heterocycles. The summed E-state index contributed by atoms with van der Waals surface area (Å²) in [5.74, 6) is -2.46. The third-order valence-corrected chi connectivity index (χ3v) is 3.69. The number of halogens is 3. The lowest BCUT2D eigenvalue weighted by Crippen LogP contribution is -2.35. The molecule has 0 aliphatic carbocycles. The van der Waals surface area contributed by atoms with Gasteiger partial charge in [-0.2, -0.15) is 0 Å². The van der Waals surface area contributed by atoms with Crippen LogP contribution in [0.15, 0.2) is 60.8 Å². The van der Waals surface area contributed by atoms with E-state index in [0.717, 1.165) is 23.1 Å². The van der Waals surface area contributed by atoms with Crippen LogP contribution in [0.3, 0.4) is 0 Å². The number of nitrogens with one attached hydrogen (secondary N) is 2. The van der Waals surface area contributed by atoms with Crippen LogP contribution in [0.1, 0.15) is 5.56 Å². The summed E-state index contributed by atoms with van der Waals surface area (Å²) in [6.07, 6.45) is -3.23. The molecule has 9 heteroatoms. The first-order valence-electron chi connectivity index (χ1n) is 8.09. The number of benzene rings is 2. The van der Waals surface area contributed by atoms with E-state index in [1.54, 1.807) is 24.4 Å². The van der Waals surface area contributed by atoms with Gasteiger partial charge in [0.2, 0.25) is 0 Å². The third kappa shape index (κ3) is 4.97. The van der Waals surface area contributed by atoms with E-state index in [-0.39, 0.29) is 12.2 Å². The molecule has 1 aromatic heterocycles. The molecule has 144 valence electrons. The number of fused-ring (bicyclic) bond motifs is 1. The van der Waals surface area contributed by atoms with Crippen LogP contribution in [-0.4, -0.2) is 23.2 Å². The van der Waals surface area contributed by atoms with Crippen molar-refractivity contribution in [1.82, 2.24) is 10.3 Å². The van der Waals surface area contributed by atoms with Crippen molar-refractivity contribution in [1.29, 1.82) is 0 Å². The summed E-state index contributed by atoms with van der Waals surface area (Å²) >= 11 is 0. The first kappa shape index (κ1) is 19.2. The van der Waals surface area contributed by atoms with Crippen LogP contribution in [0.2, 0.25) is 0 Å². The van der Waals surface area contributed by atoms with Gasteiger partial charge in [0.15, 0.2) is 0 Å². The van der Waals surface area contributed by atoms with Gasteiger partial charge in [-0.1, -0.05) is 30.3 Å². The maximum atomic E-state index is 12.3. The second-order valence-electron chi connectivity index (χ2n) is 5.70. The van der Waals surface area contributed by atoms with Gasteiger partial charge in [0.25, 0.3) is 0 Å². The molecule has 3 rings (SSSR count). The number of hydrogen-bond donors (Lipinski definition) is 2. The summed E-state index contributed by atoms with van der Waals surface area (Å²) in [6, 6.07) is 13.7. The quantitative estimate of drug-likeness (QED) is 0.671. The second-order valence-corrected chi connectivity index (χ2v) is 5.70. The zero-order chi connectivity index (χ0) is 20.1. The zero-order valence-electron chi connectivity index (χ0n) is 14.3. The minimum atomic E-state index is -4.85. The number of alkyl halides is 3. The third-order valence-electron chi connectivity index (χ3n) is 3.69. The standard InChI is InChI=1S/C19H14F3N3O3/c20-19(21,22)28-15-8-2-7-14(10-15)25-18(27)17(26)24-11-13-5-1-4-12-6-3-9-23-16(12)13/h1-10H,11H2,(H,24,26)(H,25,27). The Bertz CT molecular complexity index is 1020. The Labute approximate surface area is 157 Å². The number of rotatable bonds is 4. The summed E-state index contributed by atoms with van der Waals surface area (Å²) in [4.78, 5) is 28.3. The predicted molar refractivity (Wildman–Crippen MR) is 95.3 cm³/mol. The molecule has 0 radical (unpaired) electrons. The molecular formula is C19H14F3N3O3. The van der Waals surface area contributed by atoms with Crippen LogP contribution in [0.5, 0.6) is 5.75 Å². The molecule has 0 saturated carbocycles. The first-order valence-corrected chi connectivity index (χ1v) is 8.09. The molecule has 0 atom stereocenters. The van der Waals surface area contributed by atoms with E-state index in [9.17, 15) is 22.8 Å². The van der Waals surface area contributed by atoms with Crippen LogP contribution in [0.4, 0.5) is 18.9 Å². The number of para-hydroxylation sites is 1. The number of ether oxygens (including phenoxy) is 1. The normalized spacial score (nSPS) is 11.1. The zero-order valence-corrected chi connectivity index (χ0v) is 14.3. The van der Waals surface area contributed by atoms with Crippen molar-refractivity contribution in [3.63, 3.8) is 0 Å². The highest BCUT2D eigenvalue weighted by molar-refractivity contribution is 6.39. The summed E-state index contributed by atoms with van der Waals surface area (Å²) in [5.41, 5.74) is 1.41. The van der Waals surface area contributed by atoms with Gasteiger partial charge in [-0.05, 0) is 23.8 Å². The number of carbonyl (C=O) groups is 2. The van der Waals surface area contributed by atoms with Gasteiger partial charge in [-0.25, -0.2) is 0 Å². The van der Waals surface area contributed by atoms with Gasteiger partial charge in [-0.3, -0.25) is 14.6 Å². The fourth-order valence-electron chi connectivity index (χ4n) is 2.52. The molecular weight excluding hydrogens is 375 g/mol. The molecule has 6 nitrogen and oxygen atoms in total. The molecule has 0 unspecified atom stereocenters. The summed E-state index contributed by atoms with van der Waals surface area (Å²) in [7, 11) is 0. The van der Waals surface area contributed by atoms with Crippen molar-refractivity contribution in [3.05, 3.63) is 66.4 Å². The molecule has 3 aromatic rings. The van der Waals surface area contributed by atoms with Crippen molar-refractivity contribution in [2.45, 2.75) is 12.9 Å². The van der Waals surface area contributed by atoms with E-state index in [1.807, 2.05) is 12.1 Å². The highest BCUT2D eigenvalue weighted by atomic mass is 19.4. The Kier molecular flexibility index (Phi) is 5.44. The van der Waals surface area contributed by atoms with Crippen molar-refractivity contribution in [2.75, 3.05) is 5.32 Å². The largest absolute Gasteiger partial charge is 0.573 e. The lowest BCUT2D eigenvalue weighted by Gasteiger charge is -2.11. The van der Waals surface area contributed by atoms with E-state index in [2.05, 4.69) is 20.4 Å². The van der Waals surface area contributed by atoms with Crippen LogP contribution < -0.4 is 15.4 Å². The number of carbonyl (C=O) groups excluding carboxylic acids is 2. The Balaban J connectivity index is 1.62. The van der Waals surface area contributed by atoms with E-state index < -0.39 is 23.9 Å². The maximum absolute atomic E-state index is 12.3. The lowest BCUT2D eigenvalue weighted by atomic mass is 10.1. The monoisotopic (exact) mass is 389 g/mol. The van der Waals surface area contributed by atoms with Gasteiger partial charge in [0.1, 0.15) is 5.75 Å². The van der Waals surface area contributed by atoms with Crippen molar-refractivity contribution >= 4 is 28.4 Å². The molecule has 0 aliphatic heterocycles. The Morgan fingerprint density at radius 3 is 2.54 bits per heavy atom. The topological polar surface area (TPSA) is 80.3 Å². The molecule has 28 heavy (non-hydrogen) atoms. The minimum absolute atomic E-state index is 0.00581. The van der Waals surface area contributed by atoms with Crippen LogP contribution in [-0.2, 0) is 16.1 Å². The second kappa shape index (κ2) is 7.95. The van der Waals surface area contributed by atoms with Gasteiger partial charge < -0.3 is 15.4 Å². The average Bonchev–Trinajstić information content (AvgIpc) is 2.65. The molecule has 0 fully saturated rings. The number of nitrogens with zero attached hydrogens (tertiary/aromatic N) is 1. The van der Waals surface area contributed by atoms with Crippen molar-refractivity contribution in [2.24, 2.45) is 0 Å². The molecule has 0 spiro atoms. The Morgan fingerprint density at radius 1 is 1.00 bits per heavy atom. The molecule has 0 bridgehead atoms. The van der Waals surface area contributed by atoms with Crippen molar-refractivity contribution in [3.8, 4) is 5.75 Å². The van der Waals surface area contributed by atoms with Crippen LogP contribution >= 0.6 is 0 Å². The van der Waals surface area contributed by atoms with E-state index in [0.29, 0.717) is 5.52 Å². The van der Waals surface area contributed by atoms with E-state index in [1.165, 1.54) is 12.1 Å². The number of hydrogen-bond acceptors (Lipinski definition) is 4. The average molecular weight is 389 g/mol. The fourth-order valence-corrected chi connectivity index (χ4v) is 2.52. The molecule has 0 aliphatic rings. The number of aromatic nitrogens is 1. The lowest BCUT2D eigenvalue weighted by molar-refractivity contribution is -0.274. The fraction of sp³-hybridized carbons (Fsp3) is 0.105. The highest BCUT2D eigenvalue weighted by Crippen LogP contribution is 2.25. The number of anilines is 1. The number of amides is 2. The van der Waals surface area contributed by atoms with Gasteiger partial charge in [0.05, 0.1) is 5.52 Å². The van der Waals surface area contributed by atoms with Gasteiger partial charge in [-0.15, -0.1) is 13.2 Å².